The molecule has 1 aliphatic carbocycles. The second-order valence-corrected chi connectivity index (χ2v) is 3.80. The molecule has 0 heterocycles. The maximum atomic E-state index is 11.5. The summed E-state index contributed by atoms with van der Waals surface area (Å²) in [6.45, 7) is -0.139. The minimum atomic E-state index is -0.139. The van der Waals surface area contributed by atoms with Crippen molar-refractivity contribution in [3.63, 3.8) is 0 Å². The van der Waals surface area contributed by atoms with Gasteiger partial charge in [-0.15, -0.1) is 0 Å². The first-order valence-corrected chi connectivity index (χ1v) is 5.30. The van der Waals surface area contributed by atoms with Gasteiger partial charge in [-0.3, -0.25) is 4.79 Å². The fourth-order valence-corrected chi connectivity index (χ4v) is 1.37. The number of carbonyl (C=O) groups excluding carboxylic acids is 1. The van der Waals surface area contributed by atoms with E-state index in [0.29, 0.717) is 0 Å². The number of aliphatic hydroxyl groups is 1. The van der Waals surface area contributed by atoms with Crippen LogP contribution in [-0.2, 0) is 4.79 Å². The van der Waals surface area contributed by atoms with Crippen LogP contribution < -0.4 is 5.32 Å². The van der Waals surface area contributed by atoms with Crippen LogP contribution in [0.25, 0.3) is 0 Å². The first kappa shape index (κ1) is 10.7. The molecule has 3 heteroatoms. The lowest BCUT2D eigenvalue weighted by molar-refractivity contribution is -0.117. The van der Waals surface area contributed by atoms with E-state index in [1.54, 1.807) is 0 Å². The third-order valence-corrected chi connectivity index (χ3v) is 2.41. The molecule has 1 aromatic rings. The summed E-state index contributed by atoms with van der Waals surface area (Å²) in [5, 5.41) is 11.4. The predicted octanol–water partition coefficient (Wildman–Crippen LogP) is 1.38. The topological polar surface area (TPSA) is 49.3 Å². The van der Waals surface area contributed by atoms with Gasteiger partial charge in [-0.2, -0.15) is 0 Å². The highest BCUT2D eigenvalue weighted by Gasteiger charge is 2.29. The number of amides is 1. The van der Waals surface area contributed by atoms with Crippen LogP contribution in [0.5, 0.6) is 0 Å². The van der Waals surface area contributed by atoms with Gasteiger partial charge in [0, 0.05) is 17.2 Å². The van der Waals surface area contributed by atoms with Crippen molar-refractivity contribution in [1.29, 1.82) is 0 Å². The number of carbonyl (C=O) groups is 1. The largest absolute Gasteiger partial charge is 0.384 e. The van der Waals surface area contributed by atoms with Gasteiger partial charge in [0.05, 0.1) is 0 Å². The monoisotopic (exact) mass is 215 g/mol. The van der Waals surface area contributed by atoms with E-state index in [9.17, 15) is 4.79 Å². The van der Waals surface area contributed by atoms with Gasteiger partial charge in [-0.25, -0.2) is 0 Å². The molecule has 0 saturated heterocycles. The molecule has 0 radical (unpaired) electrons. The van der Waals surface area contributed by atoms with E-state index >= 15 is 0 Å². The van der Waals surface area contributed by atoms with Crippen molar-refractivity contribution in [1.82, 2.24) is 0 Å². The number of anilines is 1. The highest BCUT2D eigenvalue weighted by Crippen LogP contribution is 2.30. The summed E-state index contributed by atoms with van der Waals surface area (Å²) in [6, 6.07) is 7.29. The van der Waals surface area contributed by atoms with E-state index in [1.165, 1.54) is 0 Å². The summed E-state index contributed by atoms with van der Waals surface area (Å²) in [6.07, 6.45) is 2.01. The molecular formula is C13H13NO2. The summed E-state index contributed by atoms with van der Waals surface area (Å²) in [7, 11) is 0. The van der Waals surface area contributed by atoms with Crippen LogP contribution >= 0.6 is 0 Å². The summed E-state index contributed by atoms with van der Waals surface area (Å²) >= 11 is 0. The fourth-order valence-electron chi connectivity index (χ4n) is 1.37. The second-order valence-electron chi connectivity index (χ2n) is 3.80. The smallest absolute Gasteiger partial charge is 0.227 e. The lowest BCUT2D eigenvalue weighted by Crippen LogP contribution is -2.12. The molecule has 1 saturated carbocycles. The number of aliphatic hydroxyl groups excluding tert-OH is 1. The molecule has 1 fully saturated rings. The Morgan fingerprint density at radius 3 is 2.62 bits per heavy atom. The Morgan fingerprint density at radius 1 is 1.38 bits per heavy atom. The SMILES string of the molecule is O=C(Nc1ccc(C#CCO)cc1)C1CC1. The summed E-state index contributed by atoms with van der Waals surface area (Å²) in [5.74, 6) is 5.69. The van der Waals surface area contributed by atoms with Crippen LogP contribution in [0.3, 0.4) is 0 Å². The van der Waals surface area contributed by atoms with Gasteiger partial charge in [0.1, 0.15) is 6.61 Å². The van der Waals surface area contributed by atoms with E-state index in [1.807, 2.05) is 24.3 Å². The Bertz CT molecular complexity index is 435. The maximum absolute atomic E-state index is 11.5. The fraction of sp³-hybridized carbons (Fsp3) is 0.308. The average Bonchev–Trinajstić information content (AvgIpc) is 3.12. The first-order chi connectivity index (χ1) is 7.79. The molecule has 16 heavy (non-hydrogen) atoms. The third-order valence-electron chi connectivity index (χ3n) is 2.41. The van der Waals surface area contributed by atoms with E-state index in [4.69, 9.17) is 5.11 Å². The molecular weight excluding hydrogens is 202 g/mol. The predicted molar refractivity (Wildman–Crippen MR) is 61.8 cm³/mol. The number of benzene rings is 1. The zero-order valence-corrected chi connectivity index (χ0v) is 8.86. The highest BCUT2D eigenvalue weighted by molar-refractivity contribution is 5.94. The van der Waals surface area contributed by atoms with E-state index in [2.05, 4.69) is 17.2 Å². The van der Waals surface area contributed by atoms with Crippen molar-refractivity contribution in [2.24, 2.45) is 5.92 Å². The Hall–Kier alpha value is -1.79. The van der Waals surface area contributed by atoms with Crippen LogP contribution in [0.1, 0.15) is 18.4 Å². The van der Waals surface area contributed by atoms with Crippen LogP contribution in [0.4, 0.5) is 5.69 Å². The summed E-state index contributed by atoms with van der Waals surface area (Å²) in [4.78, 5) is 11.5. The Balaban J connectivity index is 1.98. The van der Waals surface area contributed by atoms with Gasteiger partial charge in [-0.05, 0) is 37.1 Å². The molecule has 3 nitrogen and oxygen atoms in total. The standard InChI is InChI=1S/C13H13NO2/c15-9-1-2-10-3-7-12(8-4-10)14-13(16)11-5-6-11/h3-4,7-8,11,15H,5-6,9H2,(H,14,16). The van der Waals surface area contributed by atoms with Gasteiger partial charge < -0.3 is 10.4 Å². The van der Waals surface area contributed by atoms with Crippen LogP contribution in [0.2, 0.25) is 0 Å². The van der Waals surface area contributed by atoms with Gasteiger partial charge in [0.25, 0.3) is 0 Å². The molecule has 0 atom stereocenters. The average molecular weight is 215 g/mol. The molecule has 0 aliphatic heterocycles. The maximum Gasteiger partial charge on any atom is 0.227 e. The molecule has 0 unspecified atom stereocenters. The number of hydrogen-bond acceptors (Lipinski definition) is 2. The van der Waals surface area contributed by atoms with Gasteiger partial charge in [-0.1, -0.05) is 11.8 Å². The van der Waals surface area contributed by atoms with Gasteiger partial charge in [0.15, 0.2) is 0 Å². The number of rotatable bonds is 2. The molecule has 1 aromatic carbocycles. The van der Waals surface area contributed by atoms with Crippen molar-refractivity contribution in [2.45, 2.75) is 12.8 Å². The summed E-state index contributed by atoms with van der Waals surface area (Å²) < 4.78 is 0. The van der Waals surface area contributed by atoms with Gasteiger partial charge >= 0.3 is 0 Å². The first-order valence-electron chi connectivity index (χ1n) is 5.30. The van der Waals surface area contributed by atoms with E-state index in [-0.39, 0.29) is 18.4 Å². The van der Waals surface area contributed by atoms with Crippen molar-refractivity contribution in [2.75, 3.05) is 11.9 Å². The number of hydrogen-bond donors (Lipinski definition) is 2. The summed E-state index contributed by atoms with van der Waals surface area (Å²) in [5.41, 5.74) is 1.63. The minimum Gasteiger partial charge on any atom is -0.384 e. The lowest BCUT2D eigenvalue weighted by atomic mass is 10.2. The second kappa shape index (κ2) is 4.82. The number of nitrogens with one attached hydrogen (secondary N) is 1. The van der Waals surface area contributed by atoms with Crippen molar-refractivity contribution in [3.05, 3.63) is 29.8 Å². The molecule has 2 N–H and O–H groups in total. The molecule has 82 valence electrons. The van der Waals surface area contributed by atoms with Crippen LogP contribution in [0.15, 0.2) is 24.3 Å². The minimum absolute atomic E-state index is 0.106. The Kier molecular flexibility index (Phi) is 3.23. The van der Waals surface area contributed by atoms with Gasteiger partial charge in [0.2, 0.25) is 5.91 Å². The lowest BCUT2D eigenvalue weighted by Gasteiger charge is -2.03. The molecule has 0 spiro atoms. The normalized spacial score (nSPS) is 13.8. The molecule has 0 bridgehead atoms. The van der Waals surface area contributed by atoms with Crippen molar-refractivity contribution < 1.29 is 9.90 Å². The Morgan fingerprint density at radius 2 is 2.06 bits per heavy atom. The third kappa shape index (κ3) is 2.85. The molecule has 0 aromatic heterocycles. The van der Waals surface area contributed by atoms with E-state index < -0.39 is 0 Å². The highest BCUT2D eigenvalue weighted by atomic mass is 16.2. The van der Waals surface area contributed by atoms with E-state index in [0.717, 1.165) is 24.1 Å². The van der Waals surface area contributed by atoms with Crippen molar-refractivity contribution >= 4 is 11.6 Å². The Labute approximate surface area is 94.5 Å². The zero-order valence-electron chi connectivity index (χ0n) is 8.86. The molecule has 1 aliphatic rings. The van der Waals surface area contributed by atoms with Crippen LogP contribution in [0, 0.1) is 17.8 Å². The molecule has 2 rings (SSSR count). The zero-order chi connectivity index (χ0) is 11.4. The van der Waals surface area contributed by atoms with Crippen LogP contribution in [-0.4, -0.2) is 17.6 Å². The molecule has 1 amide bonds. The quantitative estimate of drug-likeness (QED) is 0.732. The van der Waals surface area contributed by atoms with Crippen molar-refractivity contribution in [3.8, 4) is 11.8 Å².